The highest BCUT2D eigenvalue weighted by Crippen LogP contribution is 2.40. The van der Waals surface area contributed by atoms with Crippen molar-refractivity contribution in [1.29, 1.82) is 5.26 Å². The molecule has 0 saturated carbocycles. The van der Waals surface area contributed by atoms with Crippen molar-refractivity contribution in [3.05, 3.63) is 53.6 Å². The fourth-order valence-electron chi connectivity index (χ4n) is 4.75. The van der Waals surface area contributed by atoms with Crippen LogP contribution in [0.15, 0.2) is 42.5 Å². The van der Waals surface area contributed by atoms with Crippen molar-refractivity contribution in [3.63, 3.8) is 0 Å². The van der Waals surface area contributed by atoms with Gasteiger partial charge in [0.15, 0.2) is 0 Å². The van der Waals surface area contributed by atoms with E-state index in [0.717, 1.165) is 6.07 Å². The average molecular weight is 620 g/mol. The number of hydrogen-bond acceptors (Lipinski definition) is 5. The van der Waals surface area contributed by atoms with Crippen LogP contribution in [0.5, 0.6) is 0 Å². The Morgan fingerprint density at radius 1 is 1.02 bits per heavy atom. The van der Waals surface area contributed by atoms with E-state index in [4.69, 9.17) is 5.73 Å². The van der Waals surface area contributed by atoms with E-state index < -0.39 is 92.2 Å². The number of nitrogens with one attached hydrogen (secondary N) is 2. The SMILES string of the molecule is N#Cc1cccc(N2C[C@H](NC(=O)[C@H](CCC(F)(F)F)[C@H](CCC(F)(F)F)C(N)=O)C(=O)Nc3c(C(F)F)cccc32)c1. The Morgan fingerprint density at radius 2 is 1.63 bits per heavy atom. The second-order valence-electron chi connectivity index (χ2n) is 9.79. The number of halogens is 8. The maximum Gasteiger partial charge on any atom is 0.389 e. The fourth-order valence-corrected chi connectivity index (χ4v) is 4.75. The van der Waals surface area contributed by atoms with Crippen molar-refractivity contribution in [1.82, 2.24) is 5.32 Å². The van der Waals surface area contributed by atoms with Crippen LogP contribution in [0.2, 0.25) is 0 Å². The van der Waals surface area contributed by atoms with Crippen LogP contribution in [0.1, 0.15) is 43.2 Å². The third-order valence-electron chi connectivity index (χ3n) is 6.80. The molecule has 2 aromatic carbocycles. The lowest BCUT2D eigenvalue weighted by molar-refractivity contribution is -0.152. The lowest BCUT2D eigenvalue weighted by Gasteiger charge is -2.29. The van der Waals surface area contributed by atoms with E-state index >= 15 is 0 Å². The van der Waals surface area contributed by atoms with Crippen LogP contribution in [0, 0.1) is 23.2 Å². The summed E-state index contributed by atoms with van der Waals surface area (Å²) in [6, 6.07) is 9.66. The van der Waals surface area contributed by atoms with Crippen molar-refractivity contribution in [2.45, 2.75) is 50.5 Å². The van der Waals surface area contributed by atoms with Crippen molar-refractivity contribution in [3.8, 4) is 6.07 Å². The third kappa shape index (κ3) is 8.79. The third-order valence-corrected chi connectivity index (χ3v) is 6.80. The largest absolute Gasteiger partial charge is 0.389 e. The summed E-state index contributed by atoms with van der Waals surface area (Å²) in [6.07, 6.45) is -18.2. The normalized spacial score (nSPS) is 16.9. The molecule has 0 fully saturated rings. The minimum Gasteiger partial charge on any atom is -0.369 e. The molecule has 43 heavy (non-hydrogen) atoms. The summed E-state index contributed by atoms with van der Waals surface area (Å²) >= 11 is 0. The van der Waals surface area contributed by atoms with Gasteiger partial charge in [0.2, 0.25) is 17.7 Å². The Hall–Kier alpha value is -4.42. The van der Waals surface area contributed by atoms with Gasteiger partial charge >= 0.3 is 12.4 Å². The number of nitrogens with zero attached hydrogens (tertiary/aromatic N) is 2. The zero-order valence-electron chi connectivity index (χ0n) is 22.1. The molecule has 3 amide bonds. The lowest BCUT2D eigenvalue weighted by atomic mass is 9.83. The van der Waals surface area contributed by atoms with Crippen molar-refractivity contribution >= 4 is 34.8 Å². The van der Waals surface area contributed by atoms with Crippen LogP contribution in [0.4, 0.5) is 52.2 Å². The highest BCUT2D eigenvalue weighted by atomic mass is 19.4. The number of carbonyl (C=O) groups excluding carboxylic acids is 3. The first-order valence-corrected chi connectivity index (χ1v) is 12.7. The highest BCUT2D eigenvalue weighted by Gasteiger charge is 2.41. The second kappa shape index (κ2) is 13.3. The van der Waals surface area contributed by atoms with Gasteiger partial charge in [-0.1, -0.05) is 18.2 Å². The summed E-state index contributed by atoms with van der Waals surface area (Å²) in [7, 11) is 0. The Balaban J connectivity index is 2.02. The monoisotopic (exact) mass is 619 g/mol. The smallest absolute Gasteiger partial charge is 0.369 e. The van der Waals surface area contributed by atoms with Crippen molar-refractivity contribution < 1.29 is 49.5 Å². The van der Waals surface area contributed by atoms with Gasteiger partial charge in [-0.05, 0) is 37.1 Å². The number of benzene rings is 2. The summed E-state index contributed by atoms with van der Waals surface area (Å²) in [5, 5.41) is 13.8. The van der Waals surface area contributed by atoms with Gasteiger partial charge in [-0.3, -0.25) is 14.4 Å². The molecule has 0 bridgehead atoms. The van der Waals surface area contributed by atoms with E-state index in [1.807, 2.05) is 6.07 Å². The van der Waals surface area contributed by atoms with Crippen molar-refractivity contribution in [2.75, 3.05) is 16.8 Å². The van der Waals surface area contributed by atoms with E-state index in [0.29, 0.717) is 0 Å². The number of alkyl halides is 8. The van der Waals surface area contributed by atoms with Gasteiger partial charge in [0.25, 0.3) is 6.43 Å². The van der Waals surface area contributed by atoms with E-state index in [9.17, 15) is 54.8 Å². The molecule has 3 rings (SSSR count). The van der Waals surface area contributed by atoms with Gasteiger partial charge in [-0.2, -0.15) is 31.6 Å². The number of para-hydroxylation sites is 1. The molecule has 1 aliphatic rings. The molecule has 0 spiro atoms. The molecule has 0 saturated heterocycles. The first kappa shape index (κ1) is 33.1. The number of anilines is 3. The van der Waals surface area contributed by atoms with Gasteiger partial charge < -0.3 is 21.3 Å². The summed E-state index contributed by atoms with van der Waals surface area (Å²) in [6.45, 7) is -0.498. The molecule has 8 nitrogen and oxygen atoms in total. The molecule has 3 atom stereocenters. The van der Waals surface area contributed by atoms with E-state index in [-0.39, 0.29) is 22.6 Å². The van der Waals surface area contributed by atoms with Gasteiger partial charge in [0, 0.05) is 35.9 Å². The van der Waals surface area contributed by atoms with Crippen molar-refractivity contribution in [2.24, 2.45) is 17.6 Å². The number of hydrogen-bond donors (Lipinski definition) is 3. The van der Waals surface area contributed by atoms with E-state index in [2.05, 4.69) is 10.6 Å². The van der Waals surface area contributed by atoms with Gasteiger partial charge in [-0.25, -0.2) is 8.78 Å². The van der Waals surface area contributed by atoms with Crippen LogP contribution >= 0.6 is 0 Å². The molecule has 2 aromatic rings. The molecule has 0 aliphatic carbocycles. The second-order valence-corrected chi connectivity index (χ2v) is 9.79. The molecular formula is C27H25F8N5O3. The minimum absolute atomic E-state index is 0.0341. The number of amides is 3. The maximum absolute atomic E-state index is 13.9. The van der Waals surface area contributed by atoms with Crippen LogP contribution in [-0.2, 0) is 14.4 Å². The summed E-state index contributed by atoms with van der Waals surface area (Å²) in [4.78, 5) is 39.9. The molecule has 0 aromatic heterocycles. The first-order chi connectivity index (χ1) is 20.0. The van der Waals surface area contributed by atoms with E-state index in [1.54, 1.807) is 0 Å². The molecular weight excluding hydrogens is 594 g/mol. The topological polar surface area (TPSA) is 128 Å². The van der Waals surface area contributed by atoms with Crippen LogP contribution in [-0.4, -0.2) is 42.7 Å². The number of nitriles is 1. The molecule has 232 valence electrons. The van der Waals surface area contributed by atoms with Crippen LogP contribution < -0.4 is 21.3 Å². The van der Waals surface area contributed by atoms with Gasteiger partial charge in [0.1, 0.15) is 6.04 Å². The predicted molar refractivity (Wildman–Crippen MR) is 137 cm³/mol. The average Bonchev–Trinajstić information content (AvgIpc) is 3.04. The van der Waals surface area contributed by atoms with Gasteiger partial charge in [0.05, 0.1) is 29.6 Å². The molecule has 4 N–H and O–H groups in total. The minimum atomic E-state index is -4.85. The zero-order valence-corrected chi connectivity index (χ0v) is 22.1. The summed E-state index contributed by atoms with van der Waals surface area (Å²) in [5.41, 5.74) is 4.67. The molecule has 1 heterocycles. The number of nitrogens with two attached hydrogens (primary N) is 1. The lowest BCUT2D eigenvalue weighted by Crippen LogP contribution is -2.52. The zero-order chi connectivity index (χ0) is 32.1. The quantitative estimate of drug-likeness (QED) is 0.304. The maximum atomic E-state index is 13.9. The summed E-state index contributed by atoms with van der Waals surface area (Å²) in [5.74, 6) is -7.85. The Labute approximate surface area is 239 Å². The van der Waals surface area contributed by atoms with Gasteiger partial charge in [-0.15, -0.1) is 0 Å². The fraction of sp³-hybridized carbons (Fsp3) is 0.407. The standard InChI is InChI=1S/C27H25F8N5O3/c28-22(29)18-5-2-6-20-21(18)39-25(43)19(13-40(20)15-4-1-3-14(11-15)12-36)38-24(42)17(8-10-27(33,34)35)16(23(37)41)7-9-26(30,31)32/h1-6,11,16-17,19,22H,7-10,13H2,(H2,37,41)(H,38,42)(H,39,43)/t16-,17+,19-/m0/s1. The number of fused-ring (bicyclic) bond motifs is 1. The Morgan fingerprint density at radius 3 is 2.19 bits per heavy atom. The highest BCUT2D eigenvalue weighted by molar-refractivity contribution is 6.03. The molecule has 16 heteroatoms. The summed E-state index contributed by atoms with van der Waals surface area (Å²) < 4.78 is 106. The Bertz CT molecular complexity index is 1390. The Kier molecular flexibility index (Phi) is 10.2. The van der Waals surface area contributed by atoms with Crippen LogP contribution in [0.3, 0.4) is 0 Å². The number of primary amides is 1. The molecule has 0 radical (unpaired) electrons. The molecule has 0 unspecified atom stereocenters. The number of carbonyl (C=O) groups is 3. The first-order valence-electron chi connectivity index (χ1n) is 12.7. The predicted octanol–water partition coefficient (Wildman–Crippen LogP) is 5.47. The molecule has 1 aliphatic heterocycles. The van der Waals surface area contributed by atoms with E-state index in [1.165, 1.54) is 41.3 Å². The number of rotatable bonds is 10. The van der Waals surface area contributed by atoms with Crippen LogP contribution in [0.25, 0.3) is 0 Å².